The highest BCUT2D eigenvalue weighted by Crippen LogP contribution is 2.60. The summed E-state index contributed by atoms with van der Waals surface area (Å²) in [5.41, 5.74) is 0. The minimum absolute atomic E-state index is 0.0701. The van der Waals surface area contributed by atoms with Crippen molar-refractivity contribution in [2.45, 2.75) is 62.2 Å². The molecule has 0 spiro atoms. The Balaban J connectivity index is 6.14. The lowest BCUT2D eigenvalue weighted by Crippen LogP contribution is -2.70. The lowest BCUT2D eigenvalue weighted by atomic mass is 9.89. The van der Waals surface area contributed by atoms with Crippen LogP contribution in [0.4, 0.5) is 57.1 Å². The van der Waals surface area contributed by atoms with Crippen LogP contribution in [0.25, 0.3) is 0 Å². The van der Waals surface area contributed by atoms with Gasteiger partial charge in [-0.1, -0.05) is 13.8 Å². The molecule has 1 N–H and O–H groups in total. The number of ether oxygens (including phenoxy) is 1. The molecule has 0 aromatic rings. The van der Waals surface area contributed by atoms with Gasteiger partial charge in [-0.2, -0.15) is 57.1 Å². The zero-order valence-corrected chi connectivity index (χ0v) is 15.6. The van der Waals surface area contributed by atoms with E-state index in [0.29, 0.717) is 0 Å². The molecule has 0 amide bonds. The van der Waals surface area contributed by atoms with Gasteiger partial charge in [0.15, 0.2) is 0 Å². The summed E-state index contributed by atoms with van der Waals surface area (Å²) in [6.07, 6.45) is -12.6. The Hall–Kier alpha value is -2.23. The molecule has 0 aromatic carbocycles. The summed E-state index contributed by atoms with van der Waals surface area (Å²) in [7, 11) is 0. The standard InChI is InChI=1S/C15H13F13O4/c1-6(2)7(32-9(31)4-3-8(29)30)5-10(16,17)11(18,19)12(20,21)13(22,23)14(24,25)15(26,27)28/h3-4,6-7H,5H2,1-2H3,(H,29,30)/b4-3+. The average molecular weight is 504 g/mol. The summed E-state index contributed by atoms with van der Waals surface area (Å²) >= 11 is 0. The molecule has 0 aliphatic rings. The smallest absolute Gasteiger partial charge is 0.460 e. The molecule has 0 aliphatic heterocycles. The first kappa shape index (κ1) is 29.8. The predicted molar refractivity (Wildman–Crippen MR) is 76.9 cm³/mol. The molecule has 32 heavy (non-hydrogen) atoms. The molecule has 4 nitrogen and oxygen atoms in total. The molecule has 0 saturated heterocycles. The van der Waals surface area contributed by atoms with E-state index in [0.717, 1.165) is 13.8 Å². The molecular weight excluding hydrogens is 491 g/mol. The number of carbonyl (C=O) groups is 2. The number of carboxylic acid groups (broad SMARTS) is 1. The van der Waals surface area contributed by atoms with Crippen LogP contribution in [0.3, 0.4) is 0 Å². The summed E-state index contributed by atoms with van der Waals surface area (Å²) in [6.45, 7) is 1.72. The first-order valence-corrected chi connectivity index (χ1v) is 7.94. The van der Waals surface area contributed by atoms with Crippen molar-refractivity contribution < 1.29 is 76.5 Å². The highest BCUT2D eigenvalue weighted by Gasteiger charge is 2.90. The summed E-state index contributed by atoms with van der Waals surface area (Å²) < 4.78 is 174. The Morgan fingerprint density at radius 1 is 0.750 bits per heavy atom. The van der Waals surface area contributed by atoms with E-state index < -0.39 is 66.2 Å². The van der Waals surface area contributed by atoms with Crippen LogP contribution in [-0.2, 0) is 14.3 Å². The van der Waals surface area contributed by atoms with Crippen molar-refractivity contribution in [2.75, 3.05) is 0 Å². The number of aliphatic carboxylic acids is 1. The van der Waals surface area contributed by atoms with E-state index >= 15 is 0 Å². The number of hydrogen-bond acceptors (Lipinski definition) is 3. The number of rotatable bonds is 10. The molecule has 1 atom stereocenters. The van der Waals surface area contributed by atoms with E-state index in [4.69, 9.17) is 5.11 Å². The van der Waals surface area contributed by atoms with Gasteiger partial charge in [0.1, 0.15) is 6.10 Å². The highest BCUT2D eigenvalue weighted by molar-refractivity contribution is 5.90. The minimum Gasteiger partial charge on any atom is -0.478 e. The topological polar surface area (TPSA) is 63.6 Å². The van der Waals surface area contributed by atoms with E-state index in [9.17, 15) is 66.7 Å². The third-order valence-electron chi connectivity index (χ3n) is 3.83. The molecule has 0 fully saturated rings. The number of hydrogen-bond donors (Lipinski definition) is 1. The van der Waals surface area contributed by atoms with Crippen molar-refractivity contribution in [3.8, 4) is 0 Å². The van der Waals surface area contributed by atoms with Crippen LogP contribution in [-0.4, -0.2) is 58.9 Å². The first-order chi connectivity index (χ1) is 13.9. The van der Waals surface area contributed by atoms with Gasteiger partial charge < -0.3 is 9.84 Å². The maximum Gasteiger partial charge on any atom is 0.460 e. The highest BCUT2D eigenvalue weighted by atomic mass is 19.4. The van der Waals surface area contributed by atoms with Gasteiger partial charge in [0, 0.05) is 12.2 Å². The second kappa shape index (κ2) is 8.96. The number of alkyl halides is 13. The quantitative estimate of drug-likeness (QED) is 0.249. The van der Waals surface area contributed by atoms with Crippen LogP contribution < -0.4 is 0 Å². The molecule has 0 heterocycles. The molecule has 0 aliphatic carbocycles. The maximum absolute atomic E-state index is 13.9. The van der Waals surface area contributed by atoms with Gasteiger partial charge in [0.2, 0.25) is 0 Å². The summed E-state index contributed by atoms with van der Waals surface area (Å²) in [5, 5.41) is 8.28. The van der Waals surface area contributed by atoms with Crippen molar-refractivity contribution in [3.63, 3.8) is 0 Å². The van der Waals surface area contributed by atoms with Gasteiger partial charge in [-0.3, -0.25) is 0 Å². The molecule has 0 rings (SSSR count). The largest absolute Gasteiger partial charge is 0.478 e. The average Bonchev–Trinajstić information content (AvgIpc) is 2.57. The summed E-state index contributed by atoms with van der Waals surface area (Å²) in [6, 6.07) is 0. The number of esters is 1. The Bertz CT molecular complexity index is 725. The third kappa shape index (κ3) is 5.39. The maximum atomic E-state index is 13.9. The number of carbonyl (C=O) groups excluding carboxylic acids is 1. The fourth-order valence-electron chi connectivity index (χ4n) is 1.92. The summed E-state index contributed by atoms with van der Waals surface area (Å²) in [5.74, 6) is -42.8. The molecule has 1 unspecified atom stereocenters. The Labute approximate surface area is 170 Å². The van der Waals surface area contributed by atoms with Gasteiger partial charge in [0.25, 0.3) is 0 Å². The van der Waals surface area contributed by atoms with Gasteiger partial charge in [-0.25, -0.2) is 9.59 Å². The normalized spacial score (nSPS) is 15.9. The van der Waals surface area contributed by atoms with E-state index in [1.807, 2.05) is 0 Å². The van der Waals surface area contributed by atoms with Crippen molar-refractivity contribution in [3.05, 3.63) is 12.2 Å². The second-order valence-corrected chi connectivity index (χ2v) is 6.59. The molecule has 0 radical (unpaired) electrons. The monoisotopic (exact) mass is 504 g/mol. The van der Waals surface area contributed by atoms with Crippen molar-refractivity contribution in [2.24, 2.45) is 5.92 Å². The summed E-state index contributed by atoms with van der Waals surface area (Å²) in [4.78, 5) is 21.5. The van der Waals surface area contributed by atoms with Crippen molar-refractivity contribution in [1.29, 1.82) is 0 Å². The van der Waals surface area contributed by atoms with Gasteiger partial charge in [-0.15, -0.1) is 0 Å². The van der Waals surface area contributed by atoms with E-state index in [1.54, 1.807) is 0 Å². The Morgan fingerprint density at radius 2 is 1.16 bits per heavy atom. The van der Waals surface area contributed by atoms with Crippen LogP contribution >= 0.6 is 0 Å². The van der Waals surface area contributed by atoms with E-state index in [1.165, 1.54) is 0 Å². The third-order valence-corrected chi connectivity index (χ3v) is 3.83. The zero-order valence-electron chi connectivity index (χ0n) is 15.6. The van der Waals surface area contributed by atoms with Crippen LogP contribution in [0.1, 0.15) is 20.3 Å². The van der Waals surface area contributed by atoms with Gasteiger partial charge >= 0.3 is 47.7 Å². The molecule has 0 aromatic heterocycles. The number of carboxylic acids is 1. The Morgan fingerprint density at radius 3 is 1.50 bits per heavy atom. The lowest BCUT2D eigenvalue weighted by Gasteiger charge is -2.40. The molecule has 0 bridgehead atoms. The lowest BCUT2D eigenvalue weighted by molar-refractivity contribution is -0.440. The van der Waals surface area contributed by atoms with Gasteiger partial charge in [-0.05, 0) is 5.92 Å². The minimum atomic E-state index is -8.03. The molecule has 188 valence electrons. The first-order valence-electron chi connectivity index (χ1n) is 7.94. The second-order valence-electron chi connectivity index (χ2n) is 6.59. The predicted octanol–water partition coefficient (Wildman–Crippen LogP) is 5.32. The Kier molecular flexibility index (Phi) is 8.33. The van der Waals surface area contributed by atoms with Crippen LogP contribution in [0, 0.1) is 5.92 Å². The fourth-order valence-corrected chi connectivity index (χ4v) is 1.92. The van der Waals surface area contributed by atoms with Gasteiger partial charge in [0.05, 0.1) is 6.42 Å². The molecule has 0 saturated carbocycles. The van der Waals surface area contributed by atoms with Crippen LogP contribution in [0.2, 0.25) is 0 Å². The zero-order chi connectivity index (χ0) is 26.1. The SMILES string of the molecule is CC(C)C(CC(F)(F)C(F)(F)C(F)(F)C(F)(F)C(F)(F)C(F)(F)F)OC(=O)/C=C/C(=O)O. The van der Waals surface area contributed by atoms with Crippen LogP contribution in [0.15, 0.2) is 12.2 Å². The van der Waals surface area contributed by atoms with Crippen LogP contribution in [0.5, 0.6) is 0 Å². The number of halogens is 13. The van der Waals surface area contributed by atoms with E-state index in [2.05, 4.69) is 4.74 Å². The molecule has 17 heteroatoms. The molecular formula is C15H13F13O4. The van der Waals surface area contributed by atoms with Crippen molar-refractivity contribution in [1.82, 2.24) is 0 Å². The van der Waals surface area contributed by atoms with E-state index in [-0.39, 0.29) is 12.2 Å². The van der Waals surface area contributed by atoms with Crippen molar-refractivity contribution >= 4 is 11.9 Å². The fraction of sp³-hybridized carbons (Fsp3) is 0.733.